The molecule has 0 saturated heterocycles. The molecular weight excluding hydrogens is 627 g/mol. The molecule has 0 aliphatic carbocycles. The van der Waals surface area contributed by atoms with Crippen LogP contribution < -0.4 is 14.8 Å². The third-order valence-electron chi connectivity index (χ3n) is 4.70. The van der Waals surface area contributed by atoms with Gasteiger partial charge in [0.2, 0.25) is 0 Å². The molecule has 178 valence electrons. The minimum Gasteiger partial charge on any atom is -0.494 e. The van der Waals surface area contributed by atoms with E-state index < -0.39 is 11.9 Å². The number of hydrogen-bond acceptors (Lipinski definition) is 5. The fraction of sp³-hybridized carbons (Fsp3) is 0.115. The minimum absolute atomic E-state index is 0.0474. The lowest BCUT2D eigenvalue weighted by Crippen LogP contribution is -2.13. The molecule has 3 rings (SSSR count). The number of carbonyl (C=O) groups excluding carboxylic acids is 1. The van der Waals surface area contributed by atoms with Gasteiger partial charge in [-0.2, -0.15) is 5.26 Å². The number of halogens is 2. The van der Waals surface area contributed by atoms with Crippen LogP contribution in [0.4, 0.5) is 5.69 Å². The second-order valence-corrected chi connectivity index (χ2v) is 9.20. The van der Waals surface area contributed by atoms with Crippen molar-refractivity contribution in [3.05, 3.63) is 91.0 Å². The van der Waals surface area contributed by atoms with Gasteiger partial charge >= 0.3 is 5.97 Å². The standard InChI is InChI=1S/C26H20BrIN2O5/c1-2-34-21-9-7-20(8-10-21)30-25(31)19(14-29)11-17-12-22(27)24(23(28)13-17)35-15-16-3-5-18(6-4-16)26(32)33/h3-13H,2,15H2,1H3,(H,30,31)(H,32,33)/b19-11-. The number of carboxylic acids is 1. The summed E-state index contributed by atoms with van der Waals surface area (Å²) in [6.07, 6.45) is 1.51. The van der Waals surface area contributed by atoms with E-state index in [9.17, 15) is 14.9 Å². The number of nitrogens with zero attached hydrogens (tertiary/aromatic N) is 1. The van der Waals surface area contributed by atoms with Crippen LogP contribution in [0.1, 0.15) is 28.4 Å². The molecule has 7 nitrogen and oxygen atoms in total. The monoisotopic (exact) mass is 646 g/mol. The van der Waals surface area contributed by atoms with Gasteiger partial charge < -0.3 is 19.9 Å². The first kappa shape index (κ1) is 26.2. The Morgan fingerprint density at radius 2 is 1.80 bits per heavy atom. The van der Waals surface area contributed by atoms with Crippen molar-refractivity contribution >= 4 is 62.2 Å². The van der Waals surface area contributed by atoms with E-state index in [2.05, 4.69) is 43.8 Å². The topological polar surface area (TPSA) is 109 Å². The molecule has 0 heterocycles. The number of carboxylic acid groups (broad SMARTS) is 1. The average Bonchev–Trinajstić information content (AvgIpc) is 2.83. The maximum Gasteiger partial charge on any atom is 0.335 e. The molecule has 3 aromatic carbocycles. The third-order valence-corrected chi connectivity index (χ3v) is 6.09. The number of nitrogens with one attached hydrogen (secondary N) is 1. The van der Waals surface area contributed by atoms with Gasteiger partial charge in [0.15, 0.2) is 0 Å². The van der Waals surface area contributed by atoms with Crippen molar-refractivity contribution in [3.8, 4) is 17.6 Å². The lowest BCUT2D eigenvalue weighted by Gasteiger charge is -2.12. The summed E-state index contributed by atoms with van der Waals surface area (Å²) in [5, 5.41) is 21.3. The van der Waals surface area contributed by atoms with Crippen LogP contribution in [0.3, 0.4) is 0 Å². The van der Waals surface area contributed by atoms with Crippen molar-refractivity contribution in [2.24, 2.45) is 0 Å². The van der Waals surface area contributed by atoms with Gasteiger partial charge in [0, 0.05) is 5.69 Å². The van der Waals surface area contributed by atoms with Crippen molar-refractivity contribution in [2.75, 3.05) is 11.9 Å². The van der Waals surface area contributed by atoms with Crippen LogP contribution in [0.25, 0.3) is 6.08 Å². The summed E-state index contributed by atoms with van der Waals surface area (Å²) in [6, 6.07) is 18.9. The fourth-order valence-corrected chi connectivity index (χ4v) is 4.78. The zero-order valence-corrected chi connectivity index (χ0v) is 22.3. The molecule has 2 N–H and O–H groups in total. The Balaban J connectivity index is 1.71. The molecule has 1 amide bonds. The smallest absolute Gasteiger partial charge is 0.335 e. The summed E-state index contributed by atoms with van der Waals surface area (Å²) < 4.78 is 12.7. The Hall–Kier alpha value is -3.36. The Morgan fingerprint density at radius 3 is 2.37 bits per heavy atom. The van der Waals surface area contributed by atoms with Gasteiger partial charge in [0.05, 0.1) is 20.2 Å². The number of hydrogen-bond donors (Lipinski definition) is 2. The molecule has 0 aliphatic heterocycles. The maximum absolute atomic E-state index is 12.6. The van der Waals surface area contributed by atoms with Gasteiger partial charge in [-0.05, 0) is 111 Å². The highest BCUT2D eigenvalue weighted by atomic mass is 127. The zero-order chi connectivity index (χ0) is 25.4. The Labute approximate surface area is 224 Å². The van der Waals surface area contributed by atoms with E-state index in [1.54, 1.807) is 48.5 Å². The van der Waals surface area contributed by atoms with Gasteiger partial charge in [-0.15, -0.1) is 0 Å². The van der Waals surface area contributed by atoms with Crippen molar-refractivity contribution in [1.82, 2.24) is 0 Å². The summed E-state index contributed by atoms with van der Waals surface area (Å²) in [5.41, 5.74) is 2.18. The molecule has 0 bridgehead atoms. The highest BCUT2D eigenvalue weighted by molar-refractivity contribution is 14.1. The van der Waals surface area contributed by atoms with Crippen LogP contribution in [0.2, 0.25) is 0 Å². The first-order valence-corrected chi connectivity index (χ1v) is 12.3. The van der Waals surface area contributed by atoms with Gasteiger partial charge in [0.1, 0.15) is 29.7 Å². The number of benzene rings is 3. The van der Waals surface area contributed by atoms with E-state index in [1.165, 1.54) is 18.2 Å². The quantitative estimate of drug-likeness (QED) is 0.161. The number of nitriles is 1. The van der Waals surface area contributed by atoms with E-state index >= 15 is 0 Å². The Kier molecular flexibility index (Phi) is 9.28. The summed E-state index contributed by atoms with van der Waals surface area (Å²) in [6.45, 7) is 2.68. The highest BCUT2D eigenvalue weighted by Gasteiger charge is 2.13. The molecule has 0 atom stereocenters. The van der Waals surface area contributed by atoms with Crippen LogP contribution in [0.5, 0.6) is 11.5 Å². The first-order valence-electron chi connectivity index (χ1n) is 10.4. The van der Waals surface area contributed by atoms with Crippen LogP contribution in [0, 0.1) is 14.9 Å². The number of anilines is 1. The third kappa shape index (κ3) is 7.31. The Bertz CT molecular complexity index is 1280. The first-order chi connectivity index (χ1) is 16.8. The summed E-state index contributed by atoms with van der Waals surface area (Å²) >= 11 is 5.61. The van der Waals surface area contributed by atoms with Gasteiger partial charge in [-0.25, -0.2) is 4.79 Å². The van der Waals surface area contributed by atoms with Crippen LogP contribution in [-0.4, -0.2) is 23.6 Å². The molecule has 0 fully saturated rings. The van der Waals surface area contributed by atoms with E-state index in [0.29, 0.717) is 33.8 Å². The molecular formula is C26H20BrIN2O5. The fourth-order valence-electron chi connectivity index (χ4n) is 3.01. The summed E-state index contributed by atoms with van der Waals surface area (Å²) in [5.74, 6) is -0.209. The van der Waals surface area contributed by atoms with Gasteiger partial charge in [-0.1, -0.05) is 12.1 Å². The van der Waals surface area contributed by atoms with E-state index in [-0.39, 0.29) is 17.7 Å². The highest BCUT2D eigenvalue weighted by Crippen LogP contribution is 2.33. The number of carbonyl (C=O) groups is 2. The summed E-state index contributed by atoms with van der Waals surface area (Å²) in [4.78, 5) is 23.6. The number of ether oxygens (including phenoxy) is 2. The largest absolute Gasteiger partial charge is 0.494 e. The van der Waals surface area contributed by atoms with Crippen molar-refractivity contribution in [2.45, 2.75) is 13.5 Å². The number of amides is 1. The zero-order valence-electron chi connectivity index (χ0n) is 18.5. The van der Waals surface area contributed by atoms with Crippen molar-refractivity contribution < 1.29 is 24.2 Å². The molecule has 9 heteroatoms. The lowest BCUT2D eigenvalue weighted by atomic mass is 10.1. The number of rotatable bonds is 9. The molecule has 35 heavy (non-hydrogen) atoms. The molecule has 0 aromatic heterocycles. The molecule has 0 saturated carbocycles. The maximum atomic E-state index is 12.6. The molecule has 0 unspecified atom stereocenters. The van der Waals surface area contributed by atoms with Crippen LogP contribution in [0.15, 0.2) is 70.7 Å². The van der Waals surface area contributed by atoms with Crippen LogP contribution >= 0.6 is 38.5 Å². The Morgan fingerprint density at radius 1 is 1.11 bits per heavy atom. The normalized spacial score (nSPS) is 10.9. The predicted octanol–water partition coefficient (Wildman–Crippen LogP) is 6.28. The van der Waals surface area contributed by atoms with Crippen molar-refractivity contribution in [3.63, 3.8) is 0 Å². The SMILES string of the molecule is CCOc1ccc(NC(=O)/C(C#N)=C\c2cc(Br)c(OCc3ccc(C(=O)O)cc3)c(I)c2)cc1. The summed E-state index contributed by atoms with van der Waals surface area (Å²) in [7, 11) is 0. The molecule has 0 radical (unpaired) electrons. The van der Waals surface area contributed by atoms with E-state index in [1.807, 2.05) is 13.0 Å². The van der Waals surface area contributed by atoms with Gasteiger partial charge in [-0.3, -0.25) is 4.79 Å². The van der Waals surface area contributed by atoms with E-state index in [0.717, 1.165) is 9.13 Å². The van der Waals surface area contributed by atoms with Gasteiger partial charge in [0.25, 0.3) is 5.91 Å². The lowest BCUT2D eigenvalue weighted by molar-refractivity contribution is -0.112. The van der Waals surface area contributed by atoms with E-state index in [4.69, 9.17) is 14.6 Å². The molecule has 0 spiro atoms. The minimum atomic E-state index is -0.983. The van der Waals surface area contributed by atoms with Crippen molar-refractivity contribution in [1.29, 1.82) is 5.26 Å². The second kappa shape index (κ2) is 12.4. The molecule has 3 aromatic rings. The average molecular weight is 647 g/mol. The van der Waals surface area contributed by atoms with Crippen LogP contribution in [-0.2, 0) is 11.4 Å². The molecule has 0 aliphatic rings. The second-order valence-electron chi connectivity index (χ2n) is 7.19. The number of aromatic carboxylic acids is 1. The predicted molar refractivity (Wildman–Crippen MR) is 144 cm³/mol.